The molecular weight excluding hydrogens is 201 g/mol. The van der Waals surface area contributed by atoms with Crippen molar-refractivity contribution in [3.05, 3.63) is 29.0 Å². The largest absolute Gasteiger partial charge is 0.385 e. The van der Waals surface area contributed by atoms with E-state index in [1.165, 1.54) is 31.4 Å². The highest BCUT2D eigenvalue weighted by Crippen LogP contribution is 2.27. The van der Waals surface area contributed by atoms with Gasteiger partial charge in [-0.3, -0.25) is 0 Å². The van der Waals surface area contributed by atoms with Crippen molar-refractivity contribution in [2.24, 2.45) is 5.92 Å². The molecule has 0 aliphatic heterocycles. The molecule has 0 saturated heterocycles. The first-order valence-corrected chi connectivity index (χ1v) is 5.32. The SMILES string of the molecule is Fc1cc(Cl)cc(NCC2CCC2)c1. The van der Waals surface area contributed by atoms with Crippen LogP contribution in [0.1, 0.15) is 19.3 Å². The fraction of sp³-hybridized carbons (Fsp3) is 0.455. The van der Waals surface area contributed by atoms with Gasteiger partial charge in [0.1, 0.15) is 5.82 Å². The van der Waals surface area contributed by atoms with Crippen LogP contribution < -0.4 is 5.32 Å². The van der Waals surface area contributed by atoms with Gasteiger partial charge in [-0.2, -0.15) is 0 Å². The highest BCUT2D eigenvalue weighted by molar-refractivity contribution is 6.30. The molecule has 1 aromatic rings. The summed E-state index contributed by atoms with van der Waals surface area (Å²) in [4.78, 5) is 0. The Labute approximate surface area is 88.3 Å². The molecule has 0 bridgehead atoms. The van der Waals surface area contributed by atoms with Crippen molar-refractivity contribution in [1.29, 1.82) is 0 Å². The monoisotopic (exact) mass is 213 g/mol. The molecule has 1 aliphatic rings. The molecule has 1 N–H and O–H groups in total. The van der Waals surface area contributed by atoms with E-state index in [0.717, 1.165) is 18.2 Å². The maximum atomic E-state index is 12.9. The first-order chi connectivity index (χ1) is 6.74. The Morgan fingerprint density at radius 3 is 2.71 bits per heavy atom. The van der Waals surface area contributed by atoms with Gasteiger partial charge in [0, 0.05) is 17.3 Å². The van der Waals surface area contributed by atoms with Gasteiger partial charge >= 0.3 is 0 Å². The average Bonchev–Trinajstić information content (AvgIpc) is 1.99. The van der Waals surface area contributed by atoms with Gasteiger partial charge in [0.05, 0.1) is 0 Å². The van der Waals surface area contributed by atoms with Crippen LogP contribution in [0.25, 0.3) is 0 Å². The van der Waals surface area contributed by atoms with E-state index in [4.69, 9.17) is 11.6 Å². The van der Waals surface area contributed by atoms with Gasteiger partial charge in [0.25, 0.3) is 0 Å². The molecule has 1 nitrogen and oxygen atoms in total. The van der Waals surface area contributed by atoms with Gasteiger partial charge in [0.15, 0.2) is 0 Å². The van der Waals surface area contributed by atoms with Crippen molar-refractivity contribution >= 4 is 17.3 Å². The first-order valence-electron chi connectivity index (χ1n) is 4.94. The fourth-order valence-corrected chi connectivity index (χ4v) is 1.84. The zero-order valence-electron chi connectivity index (χ0n) is 7.89. The van der Waals surface area contributed by atoms with Gasteiger partial charge < -0.3 is 5.32 Å². The van der Waals surface area contributed by atoms with Crippen LogP contribution in [0.2, 0.25) is 5.02 Å². The summed E-state index contributed by atoms with van der Waals surface area (Å²) in [6, 6.07) is 4.55. The van der Waals surface area contributed by atoms with Crippen molar-refractivity contribution < 1.29 is 4.39 Å². The third-order valence-corrected chi connectivity index (χ3v) is 2.90. The Hall–Kier alpha value is -0.760. The maximum absolute atomic E-state index is 12.9. The molecule has 1 saturated carbocycles. The highest BCUT2D eigenvalue weighted by atomic mass is 35.5. The Bertz CT molecular complexity index is 303. The summed E-state index contributed by atoms with van der Waals surface area (Å²) >= 11 is 5.73. The van der Waals surface area contributed by atoms with E-state index in [-0.39, 0.29) is 5.82 Å². The second kappa shape index (κ2) is 4.18. The van der Waals surface area contributed by atoms with E-state index in [0.29, 0.717) is 5.02 Å². The van der Waals surface area contributed by atoms with E-state index in [2.05, 4.69) is 5.32 Å². The van der Waals surface area contributed by atoms with Gasteiger partial charge in [-0.05, 0) is 37.0 Å². The van der Waals surface area contributed by atoms with E-state index >= 15 is 0 Å². The van der Waals surface area contributed by atoms with Crippen molar-refractivity contribution in [3.63, 3.8) is 0 Å². The molecule has 0 amide bonds. The molecule has 2 rings (SSSR count). The van der Waals surface area contributed by atoms with Crippen LogP contribution in [-0.4, -0.2) is 6.54 Å². The Balaban J connectivity index is 1.94. The predicted octanol–water partition coefficient (Wildman–Crippen LogP) is 3.69. The average molecular weight is 214 g/mol. The maximum Gasteiger partial charge on any atom is 0.126 e. The van der Waals surface area contributed by atoms with Gasteiger partial charge in [0.2, 0.25) is 0 Å². The Morgan fingerprint density at radius 1 is 1.36 bits per heavy atom. The zero-order valence-corrected chi connectivity index (χ0v) is 8.65. The van der Waals surface area contributed by atoms with E-state index < -0.39 is 0 Å². The summed E-state index contributed by atoms with van der Waals surface area (Å²) in [5.74, 6) is 0.477. The van der Waals surface area contributed by atoms with Crippen molar-refractivity contribution in [2.75, 3.05) is 11.9 Å². The molecule has 0 spiro atoms. The van der Waals surface area contributed by atoms with Crippen molar-refractivity contribution in [1.82, 2.24) is 0 Å². The van der Waals surface area contributed by atoms with Crippen LogP contribution in [-0.2, 0) is 0 Å². The minimum atomic E-state index is -0.284. The molecule has 76 valence electrons. The molecule has 0 unspecified atom stereocenters. The third kappa shape index (κ3) is 2.38. The summed E-state index contributed by atoms with van der Waals surface area (Å²) in [5.41, 5.74) is 0.780. The second-order valence-electron chi connectivity index (χ2n) is 3.84. The van der Waals surface area contributed by atoms with E-state index in [1.54, 1.807) is 6.07 Å². The molecule has 1 aliphatic carbocycles. The molecule has 0 radical (unpaired) electrons. The first kappa shape index (κ1) is 9.78. The molecule has 0 aromatic heterocycles. The lowest BCUT2D eigenvalue weighted by atomic mass is 9.85. The summed E-state index contributed by atoms with van der Waals surface area (Å²) in [6.45, 7) is 0.930. The molecule has 0 heterocycles. The van der Waals surface area contributed by atoms with E-state index in [9.17, 15) is 4.39 Å². The summed E-state index contributed by atoms with van der Waals surface area (Å²) in [6.07, 6.45) is 3.91. The minimum Gasteiger partial charge on any atom is -0.385 e. The smallest absolute Gasteiger partial charge is 0.126 e. The molecule has 14 heavy (non-hydrogen) atoms. The number of nitrogens with one attached hydrogen (secondary N) is 1. The van der Waals surface area contributed by atoms with Gasteiger partial charge in [-0.15, -0.1) is 0 Å². The molecule has 0 atom stereocenters. The number of anilines is 1. The Kier molecular flexibility index (Phi) is 2.92. The lowest BCUT2D eigenvalue weighted by molar-refractivity contribution is 0.333. The van der Waals surface area contributed by atoms with Crippen LogP contribution in [0.5, 0.6) is 0 Å². The number of rotatable bonds is 3. The lowest BCUT2D eigenvalue weighted by Gasteiger charge is -2.25. The molecule has 1 aromatic carbocycles. The van der Waals surface area contributed by atoms with Gasteiger partial charge in [-0.25, -0.2) is 4.39 Å². The third-order valence-electron chi connectivity index (χ3n) is 2.68. The van der Waals surface area contributed by atoms with E-state index in [1.807, 2.05) is 0 Å². The summed E-state index contributed by atoms with van der Waals surface area (Å²) in [7, 11) is 0. The standard InChI is InChI=1S/C11H13ClFN/c12-9-4-10(13)6-11(5-9)14-7-8-2-1-3-8/h4-6,8,14H,1-3,7H2. The molecular formula is C11H13ClFN. The van der Waals surface area contributed by atoms with Crippen LogP contribution in [0.3, 0.4) is 0 Å². The number of benzene rings is 1. The normalized spacial score (nSPS) is 16.4. The number of hydrogen-bond acceptors (Lipinski definition) is 1. The molecule has 3 heteroatoms. The van der Waals surface area contributed by atoms with Crippen molar-refractivity contribution in [3.8, 4) is 0 Å². The predicted molar refractivity (Wildman–Crippen MR) is 57.2 cm³/mol. The highest BCUT2D eigenvalue weighted by Gasteiger charge is 2.16. The Morgan fingerprint density at radius 2 is 2.14 bits per heavy atom. The minimum absolute atomic E-state index is 0.284. The summed E-state index contributed by atoms with van der Waals surface area (Å²) in [5, 5.41) is 3.65. The molecule has 1 fully saturated rings. The van der Waals surface area contributed by atoms with Crippen LogP contribution in [0, 0.1) is 11.7 Å². The summed E-state index contributed by atoms with van der Waals surface area (Å²) < 4.78 is 12.9. The van der Waals surface area contributed by atoms with Gasteiger partial charge in [-0.1, -0.05) is 18.0 Å². The van der Waals surface area contributed by atoms with Crippen molar-refractivity contribution in [2.45, 2.75) is 19.3 Å². The zero-order chi connectivity index (χ0) is 9.97. The second-order valence-corrected chi connectivity index (χ2v) is 4.27. The van der Waals surface area contributed by atoms with Crippen LogP contribution in [0.4, 0.5) is 10.1 Å². The topological polar surface area (TPSA) is 12.0 Å². The lowest BCUT2D eigenvalue weighted by Crippen LogP contribution is -2.20. The fourth-order valence-electron chi connectivity index (χ4n) is 1.62. The van der Waals surface area contributed by atoms with Crippen LogP contribution in [0.15, 0.2) is 18.2 Å². The quantitative estimate of drug-likeness (QED) is 0.808. The van der Waals surface area contributed by atoms with Crippen LogP contribution >= 0.6 is 11.6 Å². The number of hydrogen-bond donors (Lipinski definition) is 1. The number of halogens is 2.